The van der Waals surface area contributed by atoms with Gasteiger partial charge in [-0.2, -0.15) is 0 Å². The first kappa shape index (κ1) is 17.8. The number of nitrogens with zero attached hydrogens (tertiary/aromatic N) is 5. The number of carbonyl (C=O) groups is 2. The standard InChI is InChI=1S/C19H23N5O2/c1-2-24(16-7-4-3-5-8-16)18(26)15-17(25)22-11-13-23(14-12-22)19-20-9-6-10-21-19/h3-10H,2,11-15H2,1H3. The van der Waals surface area contributed by atoms with Crippen LogP contribution in [-0.4, -0.2) is 59.4 Å². The van der Waals surface area contributed by atoms with E-state index in [9.17, 15) is 9.59 Å². The van der Waals surface area contributed by atoms with Crippen LogP contribution in [0.4, 0.5) is 11.6 Å². The predicted octanol–water partition coefficient (Wildman–Crippen LogP) is 1.57. The SMILES string of the molecule is CCN(C(=O)CC(=O)N1CCN(c2ncccn2)CC1)c1ccccc1. The number of amides is 2. The van der Waals surface area contributed by atoms with E-state index in [4.69, 9.17) is 0 Å². The third-order valence-corrected chi connectivity index (χ3v) is 4.45. The van der Waals surface area contributed by atoms with Crippen molar-refractivity contribution in [3.63, 3.8) is 0 Å². The Bertz CT molecular complexity index is 730. The van der Waals surface area contributed by atoms with E-state index in [1.54, 1.807) is 28.3 Å². The number of rotatable bonds is 5. The highest BCUT2D eigenvalue weighted by atomic mass is 16.2. The summed E-state index contributed by atoms with van der Waals surface area (Å²) in [4.78, 5) is 39.0. The van der Waals surface area contributed by atoms with Gasteiger partial charge in [0.15, 0.2) is 0 Å². The fraction of sp³-hybridized carbons (Fsp3) is 0.368. The molecule has 0 spiro atoms. The summed E-state index contributed by atoms with van der Waals surface area (Å²) < 4.78 is 0. The Hall–Kier alpha value is -2.96. The van der Waals surface area contributed by atoms with Crippen molar-refractivity contribution < 1.29 is 9.59 Å². The molecule has 2 amide bonds. The normalized spacial score (nSPS) is 14.2. The molecule has 0 radical (unpaired) electrons. The number of aromatic nitrogens is 2. The van der Waals surface area contributed by atoms with Gasteiger partial charge in [0.25, 0.3) is 0 Å². The molecule has 0 aliphatic carbocycles. The van der Waals surface area contributed by atoms with E-state index >= 15 is 0 Å². The molecule has 0 atom stereocenters. The zero-order valence-corrected chi connectivity index (χ0v) is 14.9. The fourth-order valence-corrected chi connectivity index (χ4v) is 3.06. The van der Waals surface area contributed by atoms with E-state index in [0.717, 1.165) is 5.69 Å². The molecule has 1 aliphatic heterocycles. The van der Waals surface area contributed by atoms with Gasteiger partial charge in [0.05, 0.1) is 0 Å². The Morgan fingerprint density at radius 2 is 1.65 bits per heavy atom. The zero-order chi connectivity index (χ0) is 18.4. The minimum atomic E-state index is -0.169. The largest absolute Gasteiger partial charge is 0.339 e. The van der Waals surface area contributed by atoms with E-state index in [0.29, 0.717) is 38.7 Å². The third-order valence-electron chi connectivity index (χ3n) is 4.45. The van der Waals surface area contributed by atoms with Crippen molar-refractivity contribution in [2.45, 2.75) is 13.3 Å². The van der Waals surface area contributed by atoms with Gasteiger partial charge in [0.1, 0.15) is 6.42 Å². The molecule has 0 N–H and O–H groups in total. The quantitative estimate of drug-likeness (QED) is 0.763. The second-order valence-electron chi connectivity index (χ2n) is 6.07. The van der Waals surface area contributed by atoms with Crippen molar-refractivity contribution in [1.82, 2.24) is 14.9 Å². The third kappa shape index (κ3) is 4.17. The van der Waals surface area contributed by atoms with Gasteiger partial charge < -0.3 is 14.7 Å². The van der Waals surface area contributed by atoms with Crippen molar-refractivity contribution in [3.8, 4) is 0 Å². The summed E-state index contributed by atoms with van der Waals surface area (Å²) in [6.45, 7) is 4.92. The molecule has 0 saturated carbocycles. The monoisotopic (exact) mass is 353 g/mol. The van der Waals surface area contributed by atoms with E-state index in [1.165, 1.54) is 0 Å². The minimum Gasteiger partial charge on any atom is -0.339 e. The summed E-state index contributed by atoms with van der Waals surface area (Å²) in [5, 5.41) is 0. The first-order valence-electron chi connectivity index (χ1n) is 8.84. The number of benzene rings is 1. The minimum absolute atomic E-state index is 0.107. The van der Waals surface area contributed by atoms with Crippen LogP contribution in [0.25, 0.3) is 0 Å². The van der Waals surface area contributed by atoms with E-state index in [2.05, 4.69) is 9.97 Å². The lowest BCUT2D eigenvalue weighted by Gasteiger charge is -2.35. The van der Waals surface area contributed by atoms with Crippen molar-refractivity contribution in [2.24, 2.45) is 0 Å². The molecule has 1 aliphatic rings. The summed E-state index contributed by atoms with van der Waals surface area (Å²) in [5.74, 6) is 0.382. The van der Waals surface area contributed by atoms with Crippen molar-refractivity contribution >= 4 is 23.5 Å². The molecule has 3 rings (SSSR count). The molecule has 26 heavy (non-hydrogen) atoms. The van der Waals surface area contributed by atoms with Gasteiger partial charge in [0, 0.05) is 50.8 Å². The Morgan fingerprint density at radius 3 is 2.27 bits per heavy atom. The second kappa shape index (κ2) is 8.42. The number of hydrogen-bond donors (Lipinski definition) is 0. The van der Waals surface area contributed by atoms with Crippen molar-refractivity contribution in [1.29, 1.82) is 0 Å². The molecule has 1 fully saturated rings. The highest BCUT2D eigenvalue weighted by molar-refractivity contribution is 6.05. The van der Waals surface area contributed by atoms with Gasteiger partial charge in [-0.3, -0.25) is 9.59 Å². The highest BCUT2D eigenvalue weighted by Gasteiger charge is 2.25. The van der Waals surface area contributed by atoms with E-state index in [1.807, 2.05) is 42.2 Å². The van der Waals surface area contributed by atoms with Crippen molar-refractivity contribution in [3.05, 3.63) is 48.8 Å². The lowest BCUT2D eigenvalue weighted by Crippen LogP contribution is -2.50. The first-order valence-corrected chi connectivity index (χ1v) is 8.84. The van der Waals surface area contributed by atoms with Gasteiger partial charge in [0.2, 0.25) is 17.8 Å². The van der Waals surface area contributed by atoms with Crippen LogP contribution in [0.3, 0.4) is 0 Å². The maximum Gasteiger partial charge on any atom is 0.236 e. The predicted molar refractivity (Wildman–Crippen MR) is 99.9 cm³/mol. The maximum absolute atomic E-state index is 12.6. The average Bonchev–Trinajstić information content (AvgIpc) is 2.70. The Balaban J connectivity index is 1.54. The average molecular weight is 353 g/mol. The molecule has 0 unspecified atom stereocenters. The van der Waals surface area contributed by atoms with Crippen LogP contribution in [-0.2, 0) is 9.59 Å². The number of piperazine rings is 1. The van der Waals surface area contributed by atoms with Crippen LogP contribution < -0.4 is 9.80 Å². The van der Waals surface area contributed by atoms with Crippen LogP contribution in [0.2, 0.25) is 0 Å². The van der Waals surface area contributed by atoms with Crippen molar-refractivity contribution in [2.75, 3.05) is 42.5 Å². The van der Waals surface area contributed by atoms with Crippen LogP contribution in [0, 0.1) is 0 Å². The molecule has 2 aromatic rings. The van der Waals surface area contributed by atoms with E-state index < -0.39 is 0 Å². The summed E-state index contributed by atoms with van der Waals surface area (Å²) in [5.41, 5.74) is 0.818. The van der Waals surface area contributed by atoms with Crippen LogP contribution in [0.15, 0.2) is 48.8 Å². The Labute approximate surface area is 153 Å². The number of para-hydroxylation sites is 1. The van der Waals surface area contributed by atoms with Crippen LogP contribution in [0.1, 0.15) is 13.3 Å². The summed E-state index contributed by atoms with van der Waals surface area (Å²) in [6, 6.07) is 11.2. The second-order valence-corrected chi connectivity index (χ2v) is 6.07. The molecular formula is C19H23N5O2. The Kier molecular flexibility index (Phi) is 5.78. The van der Waals surface area contributed by atoms with Gasteiger partial charge in [-0.1, -0.05) is 18.2 Å². The molecule has 0 bridgehead atoms. The molecule has 2 heterocycles. The summed E-state index contributed by atoms with van der Waals surface area (Å²) >= 11 is 0. The molecule has 7 heteroatoms. The fourth-order valence-electron chi connectivity index (χ4n) is 3.06. The van der Waals surface area contributed by atoms with E-state index in [-0.39, 0.29) is 18.2 Å². The molecule has 1 saturated heterocycles. The number of carbonyl (C=O) groups excluding carboxylic acids is 2. The molecule has 7 nitrogen and oxygen atoms in total. The van der Waals surface area contributed by atoms with Gasteiger partial charge in [-0.15, -0.1) is 0 Å². The maximum atomic E-state index is 12.6. The number of hydrogen-bond acceptors (Lipinski definition) is 5. The first-order chi connectivity index (χ1) is 12.7. The Morgan fingerprint density at radius 1 is 1.00 bits per heavy atom. The highest BCUT2D eigenvalue weighted by Crippen LogP contribution is 2.15. The molecule has 1 aromatic carbocycles. The van der Waals surface area contributed by atoms with Gasteiger partial charge in [-0.25, -0.2) is 9.97 Å². The smallest absolute Gasteiger partial charge is 0.236 e. The number of anilines is 2. The molecule has 136 valence electrons. The zero-order valence-electron chi connectivity index (χ0n) is 14.9. The molecule has 1 aromatic heterocycles. The van der Waals surface area contributed by atoms with Crippen LogP contribution in [0.5, 0.6) is 0 Å². The lowest BCUT2D eigenvalue weighted by atomic mass is 10.2. The molecular weight excluding hydrogens is 330 g/mol. The lowest BCUT2D eigenvalue weighted by molar-refractivity contribution is -0.135. The summed E-state index contributed by atoms with van der Waals surface area (Å²) in [7, 11) is 0. The van der Waals surface area contributed by atoms with Gasteiger partial charge >= 0.3 is 0 Å². The van der Waals surface area contributed by atoms with Crippen LogP contribution >= 0.6 is 0 Å². The topological polar surface area (TPSA) is 69.6 Å². The summed E-state index contributed by atoms with van der Waals surface area (Å²) in [6.07, 6.45) is 3.31. The van der Waals surface area contributed by atoms with Gasteiger partial charge in [-0.05, 0) is 25.1 Å².